The van der Waals surface area contributed by atoms with Crippen LogP contribution in [0.15, 0.2) is 24.3 Å². The van der Waals surface area contributed by atoms with Crippen molar-refractivity contribution < 1.29 is 19.0 Å². The molecule has 0 heterocycles. The van der Waals surface area contributed by atoms with Gasteiger partial charge in [-0.2, -0.15) is 0 Å². The van der Waals surface area contributed by atoms with E-state index in [0.29, 0.717) is 12.1 Å². The lowest BCUT2D eigenvalue weighted by atomic mass is 9.86. The van der Waals surface area contributed by atoms with Crippen LogP contribution < -0.4 is 4.74 Å². The quantitative estimate of drug-likeness (QED) is 0.849. The number of benzene rings is 1. The third-order valence-electron chi connectivity index (χ3n) is 4.35. The molecule has 126 valence electrons. The van der Waals surface area contributed by atoms with Crippen molar-refractivity contribution in [2.24, 2.45) is 5.92 Å². The van der Waals surface area contributed by atoms with Crippen molar-refractivity contribution in [3.8, 4) is 5.75 Å². The fourth-order valence-electron chi connectivity index (χ4n) is 2.92. The Morgan fingerprint density at radius 1 is 1.43 bits per heavy atom. The summed E-state index contributed by atoms with van der Waals surface area (Å²) in [5.74, 6) is -0.263. The first-order chi connectivity index (χ1) is 11.0. The molecule has 0 radical (unpaired) electrons. The summed E-state index contributed by atoms with van der Waals surface area (Å²) in [7, 11) is 3.14. The van der Waals surface area contributed by atoms with Gasteiger partial charge in [0.05, 0.1) is 13.2 Å². The second kappa shape index (κ2) is 8.11. The molecule has 1 aliphatic carbocycles. The van der Waals surface area contributed by atoms with Crippen molar-refractivity contribution in [3.05, 3.63) is 35.7 Å². The second-order valence-corrected chi connectivity index (χ2v) is 6.06. The number of nitrogens with zero attached hydrogens (tertiary/aromatic N) is 1. The average Bonchev–Trinajstić information content (AvgIpc) is 2.55. The normalized spacial score (nSPS) is 21.4. The van der Waals surface area contributed by atoms with E-state index in [2.05, 4.69) is 0 Å². The molecular formula is C18H24FNO3. The van der Waals surface area contributed by atoms with Gasteiger partial charge in [-0.3, -0.25) is 4.79 Å². The molecule has 0 aromatic heterocycles. The highest BCUT2D eigenvalue weighted by atomic mass is 19.1. The second-order valence-electron chi connectivity index (χ2n) is 6.06. The summed E-state index contributed by atoms with van der Waals surface area (Å²) >= 11 is 0. The van der Waals surface area contributed by atoms with Gasteiger partial charge < -0.3 is 14.7 Å². The lowest BCUT2D eigenvalue weighted by Gasteiger charge is -2.30. The summed E-state index contributed by atoms with van der Waals surface area (Å²) in [5, 5.41) is 9.99. The largest absolute Gasteiger partial charge is 0.494 e. The van der Waals surface area contributed by atoms with Crippen LogP contribution >= 0.6 is 0 Å². The molecule has 2 atom stereocenters. The summed E-state index contributed by atoms with van der Waals surface area (Å²) in [4.78, 5) is 13.8. The molecule has 1 aliphatic rings. The Bertz CT molecular complexity index is 573. The van der Waals surface area contributed by atoms with Crippen LogP contribution in [-0.2, 0) is 4.79 Å². The van der Waals surface area contributed by atoms with Crippen molar-refractivity contribution in [2.45, 2.75) is 31.8 Å². The summed E-state index contributed by atoms with van der Waals surface area (Å²) in [6.07, 6.45) is 6.72. The van der Waals surface area contributed by atoms with E-state index in [0.717, 1.165) is 25.7 Å². The van der Waals surface area contributed by atoms with E-state index in [4.69, 9.17) is 4.74 Å². The molecular weight excluding hydrogens is 297 g/mol. The van der Waals surface area contributed by atoms with Crippen molar-refractivity contribution in [2.75, 3.05) is 20.7 Å². The Kier molecular flexibility index (Phi) is 6.16. The molecule has 0 spiro atoms. The van der Waals surface area contributed by atoms with Gasteiger partial charge in [-0.05, 0) is 36.6 Å². The van der Waals surface area contributed by atoms with Gasteiger partial charge in [-0.25, -0.2) is 4.39 Å². The Morgan fingerprint density at radius 2 is 2.17 bits per heavy atom. The third-order valence-corrected chi connectivity index (χ3v) is 4.35. The molecule has 1 N–H and O–H groups in total. The van der Waals surface area contributed by atoms with Crippen LogP contribution in [0.3, 0.4) is 0 Å². The minimum Gasteiger partial charge on any atom is -0.494 e. The molecule has 0 saturated heterocycles. The van der Waals surface area contributed by atoms with Crippen molar-refractivity contribution in [3.63, 3.8) is 0 Å². The lowest BCUT2D eigenvalue weighted by Crippen LogP contribution is -2.37. The third kappa shape index (κ3) is 4.79. The zero-order valence-electron chi connectivity index (χ0n) is 13.7. The number of hydrogen-bond donors (Lipinski definition) is 1. The number of aliphatic hydroxyl groups excluding tert-OH is 1. The lowest BCUT2D eigenvalue weighted by molar-refractivity contribution is -0.126. The van der Waals surface area contributed by atoms with Crippen LogP contribution in [-0.4, -0.2) is 42.7 Å². The van der Waals surface area contributed by atoms with Crippen LogP contribution in [0.5, 0.6) is 5.75 Å². The van der Waals surface area contributed by atoms with Gasteiger partial charge in [0.25, 0.3) is 0 Å². The van der Waals surface area contributed by atoms with Crippen molar-refractivity contribution >= 4 is 12.0 Å². The summed E-state index contributed by atoms with van der Waals surface area (Å²) in [6.45, 7) is 0.553. The van der Waals surface area contributed by atoms with Crippen LogP contribution in [0.4, 0.5) is 4.39 Å². The highest BCUT2D eigenvalue weighted by Gasteiger charge is 2.25. The Labute approximate surface area is 136 Å². The molecule has 1 aromatic rings. The molecule has 1 aromatic carbocycles. The number of likely N-dealkylation sites (N-methyl/N-ethyl adjacent to an activating group) is 1. The maximum atomic E-state index is 13.3. The van der Waals surface area contributed by atoms with Gasteiger partial charge in [0, 0.05) is 25.6 Å². The van der Waals surface area contributed by atoms with Gasteiger partial charge in [-0.15, -0.1) is 0 Å². The van der Waals surface area contributed by atoms with E-state index in [-0.39, 0.29) is 23.7 Å². The van der Waals surface area contributed by atoms with Crippen molar-refractivity contribution in [1.82, 2.24) is 4.90 Å². The zero-order chi connectivity index (χ0) is 16.8. The smallest absolute Gasteiger partial charge is 0.246 e. The summed E-state index contributed by atoms with van der Waals surface area (Å²) in [6, 6.07) is 4.45. The molecule has 2 unspecified atom stereocenters. The maximum absolute atomic E-state index is 13.3. The molecule has 1 amide bonds. The number of amides is 1. The van der Waals surface area contributed by atoms with E-state index < -0.39 is 5.82 Å². The molecule has 4 nitrogen and oxygen atoms in total. The van der Waals surface area contributed by atoms with Crippen LogP contribution in [0.2, 0.25) is 0 Å². The van der Waals surface area contributed by atoms with E-state index in [1.807, 2.05) is 0 Å². The Balaban J connectivity index is 1.94. The first-order valence-corrected chi connectivity index (χ1v) is 7.96. The molecule has 2 rings (SSSR count). The van der Waals surface area contributed by atoms with E-state index in [1.165, 1.54) is 19.3 Å². The topological polar surface area (TPSA) is 49.8 Å². The SMILES string of the molecule is COc1cc(/C=C/C(=O)N(C)CC2CCCCC2O)ccc1F. The first-order valence-electron chi connectivity index (χ1n) is 7.96. The molecule has 0 aliphatic heterocycles. The number of halogens is 1. The van der Waals surface area contributed by atoms with Crippen LogP contribution in [0.25, 0.3) is 6.08 Å². The zero-order valence-corrected chi connectivity index (χ0v) is 13.7. The summed E-state index contributed by atoms with van der Waals surface area (Å²) in [5.41, 5.74) is 0.697. The van der Waals surface area contributed by atoms with Gasteiger partial charge in [0.2, 0.25) is 5.91 Å². The number of methoxy groups -OCH3 is 1. The predicted octanol–water partition coefficient (Wildman–Crippen LogP) is 2.86. The fraction of sp³-hybridized carbons (Fsp3) is 0.500. The molecule has 1 fully saturated rings. The van der Waals surface area contributed by atoms with E-state index >= 15 is 0 Å². The highest BCUT2D eigenvalue weighted by Crippen LogP contribution is 2.25. The predicted molar refractivity (Wildman–Crippen MR) is 87.6 cm³/mol. The first kappa shape index (κ1) is 17.5. The number of aliphatic hydroxyl groups is 1. The monoisotopic (exact) mass is 321 g/mol. The minimum absolute atomic E-state index is 0.133. The number of rotatable bonds is 5. The number of carbonyl (C=O) groups excluding carboxylic acids is 1. The highest BCUT2D eigenvalue weighted by molar-refractivity contribution is 5.91. The summed E-state index contributed by atoms with van der Waals surface area (Å²) < 4.78 is 18.3. The molecule has 5 heteroatoms. The maximum Gasteiger partial charge on any atom is 0.246 e. The number of carbonyl (C=O) groups is 1. The molecule has 23 heavy (non-hydrogen) atoms. The molecule has 0 bridgehead atoms. The minimum atomic E-state index is -0.431. The van der Waals surface area contributed by atoms with Crippen molar-refractivity contribution in [1.29, 1.82) is 0 Å². The van der Waals surface area contributed by atoms with E-state index in [9.17, 15) is 14.3 Å². The van der Waals surface area contributed by atoms with Gasteiger partial charge in [-0.1, -0.05) is 18.9 Å². The Hall–Kier alpha value is -1.88. The van der Waals surface area contributed by atoms with E-state index in [1.54, 1.807) is 30.2 Å². The van der Waals surface area contributed by atoms with Gasteiger partial charge in [0.1, 0.15) is 0 Å². The fourth-order valence-corrected chi connectivity index (χ4v) is 2.92. The van der Waals surface area contributed by atoms with Crippen LogP contribution in [0.1, 0.15) is 31.2 Å². The van der Waals surface area contributed by atoms with Gasteiger partial charge >= 0.3 is 0 Å². The Morgan fingerprint density at radius 3 is 2.87 bits per heavy atom. The van der Waals surface area contributed by atoms with Crippen LogP contribution in [0, 0.1) is 11.7 Å². The number of hydrogen-bond acceptors (Lipinski definition) is 3. The average molecular weight is 321 g/mol. The standard InChI is InChI=1S/C18H24FNO3/c1-20(12-14-5-3-4-6-16(14)21)18(22)10-8-13-7-9-15(19)17(11-13)23-2/h7-11,14,16,21H,3-6,12H2,1-2H3/b10-8+. The molecule has 1 saturated carbocycles. The van der Waals surface area contributed by atoms with Gasteiger partial charge in [0.15, 0.2) is 11.6 Å². The number of ether oxygens (including phenoxy) is 1.